The fourth-order valence-corrected chi connectivity index (χ4v) is 9.66. The molecular weight excluding hydrogens is 765 g/mol. The second kappa shape index (κ2) is 22.6. The summed E-state index contributed by atoms with van der Waals surface area (Å²) in [5, 5.41) is 10.7. The van der Waals surface area contributed by atoms with Gasteiger partial charge in [-0.25, -0.2) is 9.59 Å². The van der Waals surface area contributed by atoms with Gasteiger partial charge in [-0.15, -0.1) is 0 Å². The molecule has 8 heteroatoms. The lowest BCUT2D eigenvalue weighted by Gasteiger charge is -2.49. The van der Waals surface area contributed by atoms with Gasteiger partial charge in [0.25, 0.3) is 0 Å². The number of carbonyl (C=O) groups excluding carboxylic acids is 3. The van der Waals surface area contributed by atoms with Gasteiger partial charge in [0.15, 0.2) is 6.29 Å². The van der Waals surface area contributed by atoms with Gasteiger partial charge >= 0.3 is 17.9 Å². The van der Waals surface area contributed by atoms with Crippen LogP contribution >= 0.6 is 0 Å². The van der Waals surface area contributed by atoms with Crippen LogP contribution in [0.5, 0.6) is 0 Å². The van der Waals surface area contributed by atoms with E-state index in [4.69, 9.17) is 18.9 Å². The molecular formula is C53H72O8. The predicted octanol–water partition coefficient (Wildman–Crippen LogP) is 11.3. The number of fused-ring (bicyclic) bond motifs is 1. The van der Waals surface area contributed by atoms with E-state index >= 15 is 0 Å². The largest absolute Gasteiger partial charge is 0.465 e. The summed E-state index contributed by atoms with van der Waals surface area (Å²) in [6.45, 7) is 21.1. The van der Waals surface area contributed by atoms with Crippen LogP contribution in [-0.4, -0.2) is 48.1 Å². The standard InChI is InChI=1S/C53H72O8/c1-10-15-39-23-25-42(59-51(55)34(4)5)26-28-44(39)46(18-14-31-58-50(54)33(2)3)48(40-21-19-38(20-22-40)37-16-12-11-13-17-37)49-45-29-27-43(60-52(56)35(6)7)32-41(45)24-30-47(49)61-53(57)36(8)9/h12,15-16,19-21,24,26-29,32,34-35,37,40,42,44-49,52,56H,2,8,10-11,13-14,17-18,22-23,25,30-31H2,1,3-7,9H3/b39-15-. The minimum atomic E-state index is -0.949. The van der Waals surface area contributed by atoms with Gasteiger partial charge in [-0.1, -0.05) is 108 Å². The molecule has 0 saturated carbocycles. The van der Waals surface area contributed by atoms with E-state index in [0.29, 0.717) is 42.1 Å². The molecule has 0 aliphatic heterocycles. The van der Waals surface area contributed by atoms with Gasteiger partial charge < -0.3 is 24.1 Å². The first-order chi connectivity index (χ1) is 29.2. The van der Waals surface area contributed by atoms with Gasteiger partial charge in [0.05, 0.1) is 12.5 Å². The van der Waals surface area contributed by atoms with Crippen LogP contribution < -0.4 is 0 Å². The number of allylic oxidation sites excluding steroid dienone is 13. The van der Waals surface area contributed by atoms with E-state index in [1.165, 1.54) is 17.6 Å². The van der Waals surface area contributed by atoms with Crippen molar-refractivity contribution in [1.82, 2.24) is 0 Å². The Balaban J connectivity index is 1.66. The summed E-state index contributed by atoms with van der Waals surface area (Å²) in [4.78, 5) is 39.1. The summed E-state index contributed by atoms with van der Waals surface area (Å²) >= 11 is 0. The molecule has 0 fully saturated rings. The van der Waals surface area contributed by atoms with Gasteiger partial charge in [0.2, 0.25) is 0 Å². The first-order valence-electron chi connectivity index (χ1n) is 22.9. The lowest BCUT2D eigenvalue weighted by atomic mass is 9.57. The maximum absolute atomic E-state index is 13.6. The van der Waals surface area contributed by atoms with Gasteiger partial charge in [-0.3, -0.25) is 4.79 Å². The molecule has 0 amide bonds. The molecule has 0 spiro atoms. The Hall–Kier alpha value is -4.43. The second-order valence-electron chi connectivity index (χ2n) is 18.4. The summed E-state index contributed by atoms with van der Waals surface area (Å²) in [7, 11) is 0. The normalized spacial score (nSPS) is 28.1. The molecule has 0 bridgehead atoms. The highest BCUT2D eigenvalue weighted by molar-refractivity contribution is 5.87. The number of aliphatic hydroxyl groups is 1. The van der Waals surface area contributed by atoms with Crippen molar-refractivity contribution in [3.05, 3.63) is 120 Å². The first-order valence-corrected chi connectivity index (χ1v) is 22.9. The minimum Gasteiger partial charge on any atom is -0.465 e. The van der Waals surface area contributed by atoms with Crippen LogP contribution in [0.15, 0.2) is 120 Å². The third-order valence-corrected chi connectivity index (χ3v) is 12.9. The van der Waals surface area contributed by atoms with Crippen LogP contribution in [0.1, 0.15) is 113 Å². The summed E-state index contributed by atoms with van der Waals surface area (Å²) in [6, 6.07) is 0. The SMILES string of the molecule is C=C(C)C(=O)OCCCC(C1C=CC(OC(=O)C(C)C)CC/C1=C/CC)C(C1C=CC(C2C=CCCC2)=CC1)C1C(OC(=O)C(=C)C)CC=C2C=C(OC(O)C(C)C)C=CC21. The Morgan fingerprint density at radius 1 is 0.902 bits per heavy atom. The van der Waals surface area contributed by atoms with E-state index in [0.717, 1.165) is 44.1 Å². The zero-order valence-corrected chi connectivity index (χ0v) is 37.9. The van der Waals surface area contributed by atoms with Crippen molar-refractivity contribution < 1.29 is 38.4 Å². The Kier molecular flexibility index (Phi) is 17.6. The molecule has 5 rings (SSSR count). The van der Waals surface area contributed by atoms with Crippen molar-refractivity contribution in [1.29, 1.82) is 0 Å². The van der Waals surface area contributed by atoms with Crippen molar-refractivity contribution in [3.63, 3.8) is 0 Å². The van der Waals surface area contributed by atoms with Crippen LogP contribution in [0.3, 0.4) is 0 Å². The van der Waals surface area contributed by atoms with Crippen LogP contribution in [0.4, 0.5) is 0 Å². The Bertz CT molecular complexity index is 1850. The third-order valence-electron chi connectivity index (χ3n) is 12.9. The van der Waals surface area contributed by atoms with Gasteiger partial charge in [-0.2, -0.15) is 0 Å². The van der Waals surface area contributed by atoms with E-state index in [9.17, 15) is 19.5 Å². The zero-order chi connectivity index (χ0) is 44.2. The van der Waals surface area contributed by atoms with Crippen LogP contribution in [0, 0.1) is 53.3 Å². The van der Waals surface area contributed by atoms with Crippen molar-refractivity contribution in [2.75, 3.05) is 6.61 Å². The molecule has 5 aliphatic carbocycles. The van der Waals surface area contributed by atoms with Crippen LogP contribution in [-0.2, 0) is 33.3 Å². The maximum Gasteiger partial charge on any atom is 0.333 e. The number of hydrogen-bond donors (Lipinski definition) is 1. The lowest BCUT2D eigenvalue weighted by Crippen LogP contribution is -2.47. The molecule has 61 heavy (non-hydrogen) atoms. The summed E-state index contributed by atoms with van der Waals surface area (Å²) in [6.07, 6.45) is 33.5. The highest BCUT2D eigenvalue weighted by atomic mass is 16.6. The highest BCUT2D eigenvalue weighted by Crippen LogP contribution is 2.52. The monoisotopic (exact) mass is 837 g/mol. The Morgan fingerprint density at radius 3 is 2.30 bits per heavy atom. The number of ether oxygens (including phenoxy) is 4. The van der Waals surface area contributed by atoms with Crippen molar-refractivity contribution in [2.45, 2.75) is 131 Å². The minimum absolute atomic E-state index is 0.00415. The summed E-state index contributed by atoms with van der Waals surface area (Å²) in [5.74, 6) is -0.601. The molecule has 0 aromatic carbocycles. The maximum atomic E-state index is 13.6. The quantitative estimate of drug-likeness (QED) is 0.0363. The van der Waals surface area contributed by atoms with E-state index in [1.807, 2.05) is 39.8 Å². The van der Waals surface area contributed by atoms with Crippen LogP contribution in [0.2, 0.25) is 0 Å². The molecule has 0 radical (unpaired) electrons. The average Bonchev–Trinajstić information content (AvgIpc) is 3.44. The molecule has 0 aromatic heterocycles. The highest BCUT2D eigenvalue weighted by Gasteiger charge is 2.48. The average molecular weight is 837 g/mol. The molecule has 1 N–H and O–H groups in total. The van der Waals surface area contributed by atoms with Crippen LogP contribution in [0.25, 0.3) is 0 Å². The Labute approximate surface area is 366 Å². The molecule has 0 heterocycles. The molecule has 10 unspecified atom stereocenters. The smallest absolute Gasteiger partial charge is 0.333 e. The van der Waals surface area contributed by atoms with Crippen molar-refractivity contribution >= 4 is 17.9 Å². The van der Waals surface area contributed by atoms with E-state index < -0.39 is 24.3 Å². The van der Waals surface area contributed by atoms with E-state index in [-0.39, 0.29) is 66.0 Å². The fourth-order valence-electron chi connectivity index (χ4n) is 9.66. The van der Waals surface area contributed by atoms with Crippen molar-refractivity contribution in [2.24, 2.45) is 53.3 Å². The molecule has 8 nitrogen and oxygen atoms in total. The molecule has 5 aliphatic rings. The number of rotatable bonds is 18. The molecule has 332 valence electrons. The number of hydrogen-bond acceptors (Lipinski definition) is 8. The predicted molar refractivity (Wildman–Crippen MR) is 242 cm³/mol. The summed E-state index contributed by atoms with van der Waals surface area (Å²) in [5.41, 5.74) is 4.45. The molecule has 0 saturated heterocycles. The lowest BCUT2D eigenvalue weighted by molar-refractivity contribution is -0.151. The number of aliphatic hydroxyl groups excluding tert-OH is 1. The first kappa shape index (κ1) is 47.6. The Morgan fingerprint density at radius 2 is 1.66 bits per heavy atom. The van der Waals surface area contributed by atoms with Gasteiger partial charge in [0, 0.05) is 47.2 Å². The van der Waals surface area contributed by atoms with Gasteiger partial charge in [-0.05, 0) is 119 Å². The topological polar surface area (TPSA) is 108 Å². The van der Waals surface area contributed by atoms with Gasteiger partial charge in [0.1, 0.15) is 18.0 Å². The molecule has 0 aromatic rings. The zero-order valence-electron chi connectivity index (χ0n) is 37.9. The third kappa shape index (κ3) is 12.8. The summed E-state index contributed by atoms with van der Waals surface area (Å²) < 4.78 is 24.3. The number of esters is 3. The number of carbonyl (C=O) groups is 3. The van der Waals surface area contributed by atoms with E-state index in [1.54, 1.807) is 13.8 Å². The van der Waals surface area contributed by atoms with E-state index in [2.05, 4.69) is 80.8 Å². The van der Waals surface area contributed by atoms with Crippen molar-refractivity contribution in [3.8, 4) is 0 Å². The second-order valence-corrected chi connectivity index (χ2v) is 18.4. The molecule has 10 atom stereocenters. The fraction of sp³-hybridized carbons (Fsp3) is 0.566.